The number of aromatic amines is 1. The van der Waals surface area contributed by atoms with E-state index in [4.69, 9.17) is 0 Å². The average Bonchev–Trinajstić information content (AvgIpc) is 2.74. The Morgan fingerprint density at radius 1 is 1.67 bits per heavy atom. The molecule has 1 aromatic heterocycles. The molecule has 2 heterocycles. The Labute approximate surface area is 70.4 Å². The van der Waals surface area contributed by atoms with Crippen molar-refractivity contribution in [3.8, 4) is 0 Å². The van der Waals surface area contributed by atoms with Gasteiger partial charge >= 0.3 is 0 Å². The lowest BCUT2D eigenvalue weighted by Crippen LogP contribution is -2.09. The first-order valence-electron chi connectivity index (χ1n) is 4.11. The molecule has 0 bridgehead atoms. The number of nitrogens with zero attached hydrogens (tertiary/aromatic N) is 1. The van der Waals surface area contributed by atoms with Gasteiger partial charge in [-0.05, 0) is 13.0 Å². The van der Waals surface area contributed by atoms with Crippen molar-refractivity contribution in [2.45, 2.75) is 12.3 Å². The van der Waals surface area contributed by atoms with Crippen LogP contribution >= 0.6 is 0 Å². The highest BCUT2D eigenvalue weighted by atomic mass is 16.1. The number of aldehydes is 1. The lowest BCUT2D eigenvalue weighted by atomic mass is 10.0. The Balaban J connectivity index is 2.25. The summed E-state index contributed by atoms with van der Waals surface area (Å²) in [5.41, 5.74) is 1.68. The van der Waals surface area contributed by atoms with Crippen molar-refractivity contribution in [1.82, 2.24) is 15.5 Å². The van der Waals surface area contributed by atoms with Gasteiger partial charge in [0.15, 0.2) is 6.29 Å². The Morgan fingerprint density at radius 3 is 3.25 bits per heavy atom. The summed E-state index contributed by atoms with van der Waals surface area (Å²) >= 11 is 0. The van der Waals surface area contributed by atoms with Gasteiger partial charge in [0, 0.05) is 12.5 Å². The molecule has 1 fully saturated rings. The first-order valence-corrected chi connectivity index (χ1v) is 4.11. The van der Waals surface area contributed by atoms with Crippen molar-refractivity contribution in [2.75, 3.05) is 13.1 Å². The molecule has 1 aliphatic heterocycles. The van der Waals surface area contributed by atoms with Crippen molar-refractivity contribution in [3.63, 3.8) is 0 Å². The monoisotopic (exact) mass is 165 g/mol. The Kier molecular flexibility index (Phi) is 1.91. The molecule has 0 spiro atoms. The van der Waals surface area contributed by atoms with Gasteiger partial charge in [-0.2, -0.15) is 5.10 Å². The molecular weight excluding hydrogens is 154 g/mol. The number of carbonyl (C=O) groups excluding carboxylic acids is 1. The van der Waals surface area contributed by atoms with E-state index >= 15 is 0 Å². The maximum atomic E-state index is 10.6. The Morgan fingerprint density at radius 2 is 2.58 bits per heavy atom. The third kappa shape index (κ3) is 1.14. The first kappa shape index (κ1) is 7.49. The molecule has 1 unspecified atom stereocenters. The quantitative estimate of drug-likeness (QED) is 0.620. The molecule has 1 aromatic rings. The molecule has 1 saturated heterocycles. The van der Waals surface area contributed by atoms with Gasteiger partial charge in [0.25, 0.3) is 0 Å². The van der Waals surface area contributed by atoms with Crippen LogP contribution in [0, 0.1) is 0 Å². The molecule has 0 aliphatic carbocycles. The standard InChI is InChI=1S/C8H11N3O/c12-5-7-4-10-11-8(7)6-1-2-9-3-6/h4-6,9H,1-3H2,(H,10,11). The van der Waals surface area contributed by atoms with Gasteiger partial charge in [-0.15, -0.1) is 0 Å². The largest absolute Gasteiger partial charge is 0.316 e. The average molecular weight is 165 g/mol. The van der Waals surface area contributed by atoms with Crippen LogP contribution in [0.25, 0.3) is 0 Å². The molecule has 1 atom stereocenters. The molecule has 4 heteroatoms. The molecule has 0 aromatic carbocycles. The zero-order chi connectivity index (χ0) is 8.39. The van der Waals surface area contributed by atoms with E-state index in [1.54, 1.807) is 6.20 Å². The predicted octanol–water partition coefficient (Wildman–Crippen LogP) is 0.299. The normalized spacial score (nSPS) is 22.8. The zero-order valence-electron chi connectivity index (χ0n) is 6.71. The van der Waals surface area contributed by atoms with Gasteiger partial charge < -0.3 is 5.32 Å². The fourth-order valence-corrected chi connectivity index (χ4v) is 1.63. The van der Waals surface area contributed by atoms with E-state index in [2.05, 4.69) is 15.5 Å². The molecule has 0 saturated carbocycles. The zero-order valence-corrected chi connectivity index (χ0v) is 6.71. The summed E-state index contributed by atoms with van der Waals surface area (Å²) in [5.74, 6) is 0.438. The van der Waals surface area contributed by atoms with Crippen LogP contribution in [0.2, 0.25) is 0 Å². The van der Waals surface area contributed by atoms with Crippen LogP contribution in [0.4, 0.5) is 0 Å². The summed E-state index contributed by atoms with van der Waals surface area (Å²) in [4.78, 5) is 10.6. The van der Waals surface area contributed by atoms with Crippen LogP contribution in [0.1, 0.15) is 28.4 Å². The maximum absolute atomic E-state index is 10.6. The number of hydrogen-bond acceptors (Lipinski definition) is 3. The topological polar surface area (TPSA) is 57.8 Å². The van der Waals surface area contributed by atoms with E-state index < -0.39 is 0 Å². The lowest BCUT2D eigenvalue weighted by molar-refractivity contribution is 0.112. The third-order valence-corrected chi connectivity index (χ3v) is 2.30. The predicted molar refractivity (Wildman–Crippen MR) is 44.2 cm³/mol. The summed E-state index contributed by atoms with van der Waals surface area (Å²) in [7, 11) is 0. The summed E-state index contributed by atoms with van der Waals surface area (Å²) < 4.78 is 0. The minimum Gasteiger partial charge on any atom is -0.316 e. The maximum Gasteiger partial charge on any atom is 0.153 e. The Hall–Kier alpha value is -1.16. The smallest absolute Gasteiger partial charge is 0.153 e. The van der Waals surface area contributed by atoms with E-state index in [0.29, 0.717) is 11.5 Å². The van der Waals surface area contributed by atoms with E-state index in [1.807, 2.05) is 0 Å². The summed E-state index contributed by atoms with van der Waals surface area (Å²) in [5, 5.41) is 9.98. The lowest BCUT2D eigenvalue weighted by Gasteiger charge is -2.04. The van der Waals surface area contributed by atoms with Gasteiger partial charge in [-0.3, -0.25) is 9.89 Å². The highest BCUT2D eigenvalue weighted by molar-refractivity contribution is 5.76. The fourth-order valence-electron chi connectivity index (χ4n) is 1.63. The second-order valence-corrected chi connectivity index (χ2v) is 3.05. The molecule has 4 nitrogen and oxygen atoms in total. The summed E-state index contributed by atoms with van der Waals surface area (Å²) in [6.45, 7) is 1.98. The number of nitrogens with one attached hydrogen (secondary N) is 2. The van der Waals surface area contributed by atoms with Gasteiger partial charge in [-0.25, -0.2) is 0 Å². The van der Waals surface area contributed by atoms with Gasteiger partial charge in [-0.1, -0.05) is 0 Å². The SMILES string of the molecule is O=Cc1cn[nH]c1C1CCNC1. The summed E-state index contributed by atoms with van der Waals surface area (Å²) in [6, 6.07) is 0. The van der Waals surface area contributed by atoms with Crippen LogP contribution in [-0.4, -0.2) is 29.6 Å². The van der Waals surface area contributed by atoms with E-state index in [9.17, 15) is 4.79 Å². The molecule has 2 rings (SSSR count). The molecular formula is C8H11N3O. The fraction of sp³-hybridized carbons (Fsp3) is 0.500. The van der Waals surface area contributed by atoms with Crippen LogP contribution in [0.15, 0.2) is 6.20 Å². The van der Waals surface area contributed by atoms with Crippen molar-refractivity contribution in [3.05, 3.63) is 17.5 Å². The number of rotatable bonds is 2. The molecule has 1 aliphatic rings. The molecule has 2 N–H and O–H groups in total. The van der Waals surface area contributed by atoms with Gasteiger partial charge in [0.05, 0.1) is 17.5 Å². The highest BCUT2D eigenvalue weighted by Crippen LogP contribution is 2.22. The third-order valence-electron chi connectivity index (χ3n) is 2.30. The second kappa shape index (κ2) is 3.06. The highest BCUT2D eigenvalue weighted by Gasteiger charge is 2.20. The minimum atomic E-state index is 0.438. The molecule has 64 valence electrons. The van der Waals surface area contributed by atoms with Crippen molar-refractivity contribution >= 4 is 6.29 Å². The summed E-state index contributed by atoms with van der Waals surface area (Å²) in [6.07, 6.45) is 3.53. The van der Waals surface area contributed by atoms with E-state index in [1.165, 1.54) is 0 Å². The number of H-pyrrole nitrogens is 1. The van der Waals surface area contributed by atoms with E-state index in [0.717, 1.165) is 31.5 Å². The van der Waals surface area contributed by atoms with Crippen molar-refractivity contribution in [1.29, 1.82) is 0 Å². The van der Waals surface area contributed by atoms with Crippen molar-refractivity contribution in [2.24, 2.45) is 0 Å². The van der Waals surface area contributed by atoms with Crippen LogP contribution < -0.4 is 5.32 Å². The number of aromatic nitrogens is 2. The molecule has 0 amide bonds. The van der Waals surface area contributed by atoms with Crippen LogP contribution in [0.5, 0.6) is 0 Å². The van der Waals surface area contributed by atoms with Crippen molar-refractivity contribution < 1.29 is 4.79 Å². The molecule has 0 radical (unpaired) electrons. The van der Waals surface area contributed by atoms with Gasteiger partial charge in [0.2, 0.25) is 0 Å². The van der Waals surface area contributed by atoms with E-state index in [-0.39, 0.29) is 0 Å². The second-order valence-electron chi connectivity index (χ2n) is 3.05. The van der Waals surface area contributed by atoms with Crippen LogP contribution in [-0.2, 0) is 0 Å². The first-order chi connectivity index (χ1) is 5.92. The Bertz CT molecular complexity index is 276. The minimum absolute atomic E-state index is 0.438. The van der Waals surface area contributed by atoms with Crippen LogP contribution in [0.3, 0.4) is 0 Å². The van der Waals surface area contributed by atoms with Gasteiger partial charge in [0.1, 0.15) is 0 Å². The number of carbonyl (C=O) groups is 1. The molecule has 12 heavy (non-hydrogen) atoms. The number of hydrogen-bond donors (Lipinski definition) is 2.